The van der Waals surface area contributed by atoms with Crippen LogP contribution in [0, 0.1) is 5.92 Å². The Labute approximate surface area is 123 Å². The molecule has 0 aliphatic rings. The van der Waals surface area contributed by atoms with Gasteiger partial charge in [0, 0.05) is 11.1 Å². The molecule has 3 rings (SSSR count). The van der Waals surface area contributed by atoms with Crippen molar-refractivity contribution in [1.82, 2.24) is 15.0 Å². The van der Waals surface area contributed by atoms with Crippen LogP contribution < -0.4 is 0 Å². The maximum Gasteiger partial charge on any atom is 0.170 e. The van der Waals surface area contributed by atoms with Gasteiger partial charge >= 0.3 is 0 Å². The molecule has 106 valence electrons. The number of hydrogen-bond acceptors (Lipinski definition) is 3. The van der Waals surface area contributed by atoms with Gasteiger partial charge in [0.25, 0.3) is 0 Å². The summed E-state index contributed by atoms with van der Waals surface area (Å²) in [7, 11) is 0. The Balaban J connectivity index is 2.05. The molecule has 21 heavy (non-hydrogen) atoms. The van der Waals surface area contributed by atoms with Crippen molar-refractivity contribution < 1.29 is 4.79 Å². The lowest BCUT2D eigenvalue weighted by atomic mass is 10.1. The van der Waals surface area contributed by atoms with Crippen LogP contribution in [0.15, 0.2) is 36.4 Å². The molecule has 0 saturated heterocycles. The van der Waals surface area contributed by atoms with Crippen molar-refractivity contribution in [3.63, 3.8) is 0 Å². The van der Waals surface area contributed by atoms with Gasteiger partial charge in [-0.3, -0.25) is 4.79 Å². The summed E-state index contributed by atoms with van der Waals surface area (Å²) in [6.45, 7) is 4.23. The zero-order chi connectivity index (χ0) is 14.8. The van der Waals surface area contributed by atoms with E-state index < -0.39 is 0 Å². The number of H-pyrrole nitrogens is 1. The number of pyridine rings is 1. The summed E-state index contributed by atoms with van der Waals surface area (Å²) in [5.41, 5.74) is 3.04. The quantitative estimate of drug-likeness (QED) is 0.742. The van der Waals surface area contributed by atoms with Gasteiger partial charge in [0.1, 0.15) is 11.4 Å². The van der Waals surface area contributed by atoms with Gasteiger partial charge in [-0.1, -0.05) is 38.1 Å². The SMILES string of the molecule is CC(C)Cc1[nH]c(-c2ccc3ccccc3n2)nc1C=O. The normalized spacial score (nSPS) is 11.2. The van der Waals surface area contributed by atoms with E-state index in [4.69, 9.17) is 0 Å². The molecular formula is C17H17N3O. The highest BCUT2D eigenvalue weighted by atomic mass is 16.1. The third-order valence-electron chi connectivity index (χ3n) is 3.38. The third kappa shape index (κ3) is 2.70. The molecular weight excluding hydrogens is 262 g/mol. The second kappa shape index (κ2) is 5.48. The maximum atomic E-state index is 11.2. The number of hydrogen-bond donors (Lipinski definition) is 1. The topological polar surface area (TPSA) is 58.6 Å². The van der Waals surface area contributed by atoms with Crippen LogP contribution in [0.4, 0.5) is 0 Å². The van der Waals surface area contributed by atoms with E-state index in [-0.39, 0.29) is 0 Å². The van der Waals surface area contributed by atoms with Gasteiger partial charge in [-0.15, -0.1) is 0 Å². The fourth-order valence-electron chi connectivity index (χ4n) is 2.40. The first kappa shape index (κ1) is 13.5. The standard InChI is InChI=1S/C17H17N3O/c1-11(2)9-15-16(10-21)20-17(19-15)14-8-7-12-5-3-4-6-13(12)18-14/h3-8,10-11H,9H2,1-2H3,(H,19,20). The number of nitrogens with zero attached hydrogens (tertiary/aromatic N) is 2. The number of carbonyl (C=O) groups excluding carboxylic acids is 1. The Kier molecular flexibility index (Phi) is 3.52. The summed E-state index contributed by atoms with van der Waals surface area (Å²) in [5.74, 6) is 1.11. The Bertz CT molecular complexity index is 790. The van der Waals surface area contributed by atoms with Gasteiger partial charge in [-0.2, -0.15) is 0 Å². The highest BCUT2D eigenvalue weighted by Crippen LogP contribution is 2.21. The molecule has 0 unspecified atom stereocenters. The molecule has 0 bridgehead atoms. The number of para-hydroxylation sites is 1. The van der Waals surface area contributed by atoms with Gasteiger partial charge in [0.2, 0.25) is 0 Å². The number of nitrogens with one attached hydrogen (secondary N) is 1. The smallest absolute Gasteiger partial charge is 0.170 e. The minimum atomic E-state index is 0.460. The summed E-state index contributed by atoms with van der Waals surface area (Å²) in [6.07, 6.45) is 1.60. The van der Waals surface area contributed by atoms with E-state index in [1.165, 1.54) is 0 Å². The molecule has 0 aliphatic carbocycles. The van der Waals surface area contributed by atoms with Crippen LogP contribution in [0.2, 0.25) is 0 Å². The van der Waals surface area contributed by atoms with Crippen LogP contribution in [0.3, 0.4) is 0 Å². The lowest BCUT2D eigenvalue weighted by Crippen LogP contribution is -1.98. The largest absolute Gasteiger partial charge is 0.340 e. The lowest BCUT2D eigenvalue weighted by molar-refractivity contribution is 0.111. The summed E-state index contributed by atoms with van der Waals surface area (Å²) in [6, 6.07) is 11.9. The highest BCUT2D eigenvalue weighted by Gasteiger charge is 2.13. The third-order valence-corrected chi connectivity index (χ3v) is 3.38. The fourth-order valence-corrected chi connectivity index (χ4v) is 2.40. The Morgan fingerprint density at radius 3 is 2.71 bits per heavy atom. The minimum Gasteiger partial charge on any atom is -0.340 e. The second-order valence-electron chi connectivity index (χ2n) is 5.55. The predicted octanol–water partition coefficient (Wildman–Crippen LogP) is 3.64. The Morgan fingerprint density at radius 2 is 1.95 bits per heavy atom. The fraction of sp³-hybridized carbons (Fsp3) is 0.235. The molecule has 0 radical (unpaired) electrons. The summed E-state index contributed by atoms with van der Waals surface area (Å²) < 4.78 is 0. The maximum absolute atomic E-state index is 11.2. The Morgan fingerprint density at radius 1 is 1.14 bits per heavy atom. The van der Waals surface area contributed by atoms with E-state index in [2.05, 4.69) is 28.8 Å². The average Bonchev–Trinajstić information content (AvgIpc) is 2.89. The molecule has 0 spiro atoms. The number of benzene rings is 1. The highest BCUT2D eigenvalue weighted by molar-refractivity contribution is 5.81. The number of aromatic nitrogens is 3. The molecule has 2 aromatic heterocycles. The number of fused-ring (bicyclic) bond motifs is 1. The average molecular weight is 279 g/mol. The molecule has 4 nitrogen and oxygen atoms in total. The van der Waals surface area contributed by atoms with Gasteiger partial charge < -0.3 is 4.98 Å². The number of carbonyl (C=O) groups is 1. The van der Waals surface area contributed by atoms with Gasteiger partial charge in [-0.05, 0) is 24.5 Å². The van der Waals surface area contributed by atoms with Crippen LogP contribution in [0.1, 0.15) is 30.0 Å². The number of aromatic amines is 1. The zero-order valence-electron chi connectivity index (χ0n) is 12.1. The molecule has 4 heteroatoms. The molecule has 0 amide bonds. The van der Waals surface area contributed by atoms with E-state index in [9.17, 15) is 4.79 Å². The summed E-state index contributed by atoms with van der Waals surface area (Å²) >= 11 is 0. The first-order chi connectivity index (χ1) is 10.2. The molecule has 0 saturated carbocycles. The van der Waals surface area contributed by atoms with Crippen molar-refractivity contribution in [3.05, 3.63) is 47.8 Å². The van der Waals surface area contributed by atoms with E-state index >= 15 is 0 Å². The first-order valence-electron chi connectivity index (χ1n) is 7.07. The van der Waals surface area contributed by atoms with Crippen LogP contribution >= 0.6 is 0 Å². The first-order valence-corrected chi connectivity index (χ1v) is 7.07. The second-order valence-corrected chi connectivity index (χ2v) is 5.55. The summed E-state index contributed by atoms with van der Waals surface area (Å²) in [4.78, 5) is 23.4. The van der Waals surface area contributed by atoms with Crippen molar-refractivity contribution in [2.45, 2.75) is 20.3 Å². The molecule has 0 atom stereocenters. The molecule has 0 aliphatic heterocycles. The molecule has 2 heterocycles. The lowest BCUT2D eigenvalue weighted by Gasteiger charge is -2.02. The number of rotatable bonds is 4. The monoisotopic (exact) mass is 279 g/mol. The number of aldehydes is 1. The van der Waals surface area contributed by atoms with E-state index in [1.807, 2.05) is 36.4 Å². The van der Waals surface area contributed by atoms with Crippen molar-refractivity contribution in [2.75, 3.05) is 0 Å². The molecule has 0 fully saturated rings. The van der Waals surface area contributed by atoms with E-state index in [1.54, 1.807) is 0 Å². The molecule has 3 aromatic rings. The van der Waals surface area contributed by atoms with Gasteiger partial charge in [-0.25, -0.2) is 9.97 Å². The van der Waals surface area contributed by atoms with Crippen LogP contribution in [0.5, 0.6) is 0 Å². The molecule has 1 aromatic carbocycles. The van der Waals surface area contributed by atoms with E-state index in [0.717, 1.165) is 35.0 Å². The van der Waals surface area contributed by atoms with Crippen LogP contribution in [-0.2, 0) is 6.42 Å². The van der Waals surface area contributed by atoms with Crippen LogP contribution in [-0.4, -0.2) is 21.2 Å². The van der Waals surface area contributed by atoms with Crippen molar-refractivity contribution in [1.29, 1.82) is 0 Å². The zero-order valence-corrected chi connectivity index (χ0v) is 12.1. The molecule has 1 N–H and O–H groups in total. The Hall–Kier alpha value is -2.49. The van der Waals surface area contributed by atoms with Gasteiger partial charge in [0.05, 0.1) is 5.52 Å². The van der Waals surface area contributed by atoms with Crippen molar-refractivity contribution >= 4 is 17.2 Å². The minimum absolute atomic E-state index is 0.460. The number of imidazole rings is 1. The van der Waals surface area contributed by atoms with Gasteiger partial charge in [0.15, 0.2) is 12.1 Å². The van der Waals surface area contributed by atoms with Crippen molar-refractivity contribution in [2.24, 2.45) is 5.92 Å². The predicted molar refractivity (Wildman–Crippen MR) is 83.3 cm³/mol. The summed E-state index contributed by atoms with van der Waals surface area (Å²) in [5, 5.41) is 1.09. The van der Waals surface area contributed by atoms with E-state index in [0.29, 0.717) is 17.4 Å². The van der Waals surface area contributed by atoms with Crippen molar-refractivity contribution in [3.8, 4) is 11.5 Å². The van der Waals surface area contributed by atoms with Crippen LogP contribution in [0.25, 0.3) is 22.4 Å².